The maximum absolute atomic E-state index is 10.7. The summed E-state index contributed by atoms with van der Waals surface area (Å²) in [5.74, 6) is -1.33. The first-order valence-corrected chi connectivity index (χ1v) is 3.22. The highest BCUT2D eigenvalue weighted by Gasteiger charge is 2.38. The topological polar surface area (TPSA) is 75.6 Å². The van der Waals surface area contributed by atoms with Crippen LogP contribution in [-0.4, -0.2) is 36.2 Å². The number of aliphatic carboxylic acids is 1. The van der Waals surface area contributed by atoms with Crippen molar-refractivity contribution in [2.45, 2.75) is 18.5 Å². The number of esters is 1. The van der Waals surface area contributed by atoms with Gasteiger partial charge in [-0.05, 0) is 6.42 Å². The van der Waals surface area contributed by atoms with E-state index in [1.807, 2.05) is 0 Å². The van der Waals surface area contributed by atoms with E-state index in [1.54, 1.807) is 0 Å². The van der Waals surface area contributed by atoms with Crippen molar-refractivity contribution in [2.24, 2.45) is 0 Å². The van der Waals surface area contributed by atoms with Crippen molar-refractivity contribution in [1.82, 2.24) is 5.32 Å². The van der Waals surface area contributed by atoms with Gasteiger partial charge < -0.3 is 9.84 Å². The number of carboxylic acid groups (broad SMARTS) is 1. The summed E-state index contributed by atoms with van der Waals surface area (Å²) in [5.41, 5.74) is 0. The van der Waals surface area contributed by atoms with Gasteiger partial charge in [0.1, 0.15) is 12.1 Å². The number of carbonyl (C=O) groups is 2. The maximum atomic E-state index is 10.7. The van der Waals surface area contributed by atoms with Crippen LogP contribution in [0.4, 0.5) is 0 Å². The van der Waals surface area contributed by atoms with Gasteiger partial charge in [-0.3, -0.25) is 14.9 Å². The molecule has 62 valence electrons. The fourth-order valence-corrected chi connectivity index (χ4v) is 0.933. The van der Waals surface area contributed by atoms with Gasteiger partial charge in [-0.2, -0.15) is 0 Å². The molecule has 1 saturated heterocycles. The van der Waals surface area contributed by atoms with E-state index in [4.69, 9.17) is 5.11 Å². The van der Waals surface area contributed by atoms with Crippen LogP contribution in [0.15, 0.2) is 0 Å². The first-order chi connectivity index (χ1) is 5.15. The van der Waals surface area contributed by atoms with E-state index in [0.29, 0.717) is 6.42 Å². The molecule has 0 aromatic rings. The van der Waals surface area contributed by atoms with E-state index in [0.717, 1.165) is 0 Å². The average Bonchev–Trinajstić information content (AvgIpc) is 1.83. The van der Waals surface area contributed by atoms with E-state index in [2.05, 4.69) is 10.1 Å². The Bertz CT molecular complexity index is 185. The third-order valence-electron chi connectivity index (χ3n) is 1.66. The number of methoxy groups -OCH3 is 1. The summed E-state index contributed by atoms with van der Waals surface area (Å²) in [6.07, 6.45) is 0.321. The largest absolute Gasteiger partial charge is 0.480 e. The highest BCUT2D eigenvalue weighted by atomic mass is 16.5. The van der Waals surface area contributed by atoms with Crippen LogP contribution in [0.2, 0.25) is 0 Å². The van der Waals surface area contributed by atoms with Gasteiger partial charge in [-0.1, -0.05) is 0 Å². The monoisotopic (exact) mass is 159 g/mol. The lowest BCUT2D eigenvalue weighted by molar-refractivity contribution is -0.150. The minimum Gasteiger partial charge on any atom is -0.480 e. The fourth-order valence-electron chi connectivity index (χ4n) is 0.933. The van der Waals surface area contributed by atoms with Crippen LogP contribution in [0.1, 0.15) is 6.42 Å². The van der Waals surface area contributed by atoms with Crippen molar-refractivity contribution < 1.29 is 19.4 Å². The Morgan fingerprint density at radius 3 is 2.45 bits per heavy atom. The SMILES string of the molecule is COC(=O)[C@@H]1C[C@H](C(=O)O)N1. The highest BCUT2D eigenvalue weighted by molar-refractivity contribution is 5.83. The van der Waals surface area contributed by atoms with Gasteiger partial charge in [-0.25, -0.2) is 0 Å². The van der Waals surface area contributed by atoms with Crippen LogP contribution in [0.3, 0.4) is 0 Å². The third kappa shape index (κ3) is 1.48. The zero-order chi connectivity index (χ0) is 8.43. The summed E-state index contributed by atoms with van der Waals surface area (Å²) >= 11 is 0. The van der Waals surface area contributed by atoms with Crippen molar-refractivity contribution in [1.29, 1.82) is 0 Å². The highest BCUT2D eigenvalue weighted by Crippen LogP contribution is 2.12. The first kappa shape index (κ1) is 8.00. The van der Waals surface area contributed by atoms with E-state index in [-0.39, 0.29) is 0 Å². The average molecular weight is 159 g/mol. The molecule has 1 aliphatic heterocycles. The Morgan fingerprint density at radius 2 is 2.09 bits per heavy atom. The number of rotatable bonds is 2. The number of hydrogen-bond acceptors (Lipinski definition) is 4. The molecular formula is C6H9NO4. The van der Waals surface area contributed by atoms with Gasteiger partial charge in [-0.15, -0.1) is 0 Å². The predicted molar refractivity (Wildman–Crippen MR) is 35.0 cm³/mol. The quantitative estimate of drug-likeness (QED) is 0.504. The molecule has 0 saturated carbocycles. The fraction of sp³-hybridized carbons (Fsp3) is 0.667. The normalized spacial score (nSPS) is 28.8. The second-order valence-electron chi connectivity index (χ2n) is 2.37. The van der Waals surface area contributed by atoms with Crippen LogP contribution in [0.5, 0.6) is 0 Å². The van der Waals surface area contributed by atoms with Gasteiger partial charge in [0.2, 0.25) is 0 Å². The molecule has 2 N–H and O–H groups in total. The Balaban J connectivity index is 2.29. The number of carbonyl (C=O) groups excluding carboxylic acids is 1. The molecule has 0 unspecified atom stereocenters. The molecule has 0 spiro atoms. The van der Waals surface area contributed by atoms with Crippen LogP contribution >= 0.6 is 0 Å². The van der Waals surface area contributed by atoms with E-state index >= 15 is 0 Å². The summed E-state index contributed by atoms with van der Waals surface area (Å²) in [6.45, 7) is 0. The molecule has 5 nitrogen and oxygen atoms in total. The molecule has 1 heterocycles. The van der Waals surface area contributed by atoms with Gasteiger partial charge in [0, 0.05) is 0 Å². The summed E-state index contributed by atoms with van der Waals surface area (Å²) < 4.78 is 4.39. The number of ether oxygens (including phenoxy) is 1. The molecule has 1 rings (SSSR count). The molecular weight excluding hydrogens is 150 g/mol. The summed E-state index contributed by atoms with van der Waals surface area (Å²) in [5, 5.41) is 10.9. The predicted octanol–water partition coefficient (Wildman–Crippen LogP) is -1.03. The molecule has 0 aliphatic carbocycles. The van der Waals surface area contributed by atoms with Crippen molar-refractivity contribution in [3.8, 4) is 0 Å². The lowest BCUT2D eigenvalue weighted by Gasteiger charge is -2.31. The van der Waals surface area contributed by atoms with Gasteiger partial charge >= 0.3 is 11.9 Å². The Hall–Kier alpha value is -1.10. The van der Waals surface area contributed by atoms with Crippen molar-refractivity contribution in [3.05, 3.63) is 0 Å². The maximum Gasteiger partial charge on any atom is 0.322 e. The molecule has 0 bridgehead atoms. The molecule has 0 aromatic heterocycles. The number of hydrogen-bond donors (Lipinski definition) is 2. The Morgan fingerprint density at radius 1 is 1.55 bits per heavy atom. The van der Waals surface area contributed by atoms with Crippen molar-refractivity contribution in [3.63, 3.8) is 0 Å². The zero-order valence-corrected chi connectivity index (χ0v) is 6.03. The molecule has 2 atom stereocenters. The minimum absolute atomic E-state index is 0.321. The van der Waals surface area contributed by atoms with Crippen LogP contribution < -0.4 is 5.32 Å². The smallest absolute Gasteiger partial charge is 0.322 e. The summed E-state index contributed by atoms with van der Waals surface area (Å²) in [7, 11) is 1.28. The van der Waals surface area contributed by atoms with E-state index in [9.17, 15) is 9.59 Å². The minimum atomic E-state index is -0.926. The van der Waals surface area contributed by atoms with Crippen LogP contribution in [-0.2, 0) is 14.3 Å². The molecule has 0 radical (unpaired) electrons. The molecule has 0 aromatic carbocycles. The standard InChI is InChI=1S/C6H9NO4/c1-11-6(10)4-2-3(7-4)5(8)9/h3-4,7H,2H2,1H3,(H,8,9)/t3-,4+/m1/s1. The van der Waals surface area contributed by atoms with Gasteiger partial charge in [0.25, 0.3) is 0 Å². The molecule has 11 heavy (non-hydrogen) atoms. The summed E-state index contributed by atoms with van der Waals surface area (Å²) in [6, 6.07) is -1.01. The van der Waals surface area contributed by atoms with Crippen molar-refractivity contribution in [2.75, 3.05) is 7.11 Å². The van der Waals surface area contributed by atoms with Crippen LogP contribution in [0, 0.1) is 0 Å². The van der Waals surface area contributed by atoms with Crippen molar-refractivity contribution >= 4 is 11.9 Å². The molecule has 1 aliphatic rings. The Kier molecular flexibility index (Phi) is 2.09. The Labute approximate surface area is 63.3 Å². The second-order valence-corrected chi connectivity index (χ2v) is 2.37. The second kappa shape index (κ2) is 2.87. The first-order valence-electron chi connectivity index (χ1n) is 3.22. The summed E-state index contributed by atoms with van der Waals surface area (Å²) in [4.78, 5) is 20.9. The molecule has 5 heteroatoms. The van der Waals surface area contributed by atoms with Gasteiger partial charge in [0.05, 0.1) is 7.11 Å². The molecule has 1 fully saturated rings. The van der Waals surface area contributed by atoms with Gasteiger partial charge in [0.15, 0.2) is 0 Å². The van der Waals surface area contributed by atoms with E-state index in [1.165, 1.54) is 7.11 Å². The molecule has 0 amide bonds. The number of nitrogens with one attached hydrogen (secondary N) is 1. The third-order valence-corrected chi connectivity index (χ3v) is 1.66. The number of carboxylic acids is 1. The zero-order valence-electron chi connectivity index (χ0n) is 6.03. The van der Waals surface area contributed by atoms with E-state index < -0.39 is 24.0 Å². The lowest BCUT2D eigenvalue weighted by Crippen LogP contribution is -2.60. The lowest BCUT2D eigenvalue weighted by atomic mass is 9.97. The van der Waals surface area contributed by atoms with Crippen LogP contribution in [0.25, 0.3) is 0 Å².